The summed E-state index contributed by atoms with van der Waals surface area (Å²) < 4.78 is 8.05. The summed E-state index contributed by atoms with van der Waals surface area (Å²) in [5, 5.41) is 4.01. The third kappa shape index (κ3) is 5.19. The second-order valence-electron chi connectivity index (χ2n) is 6.78. The van der Waals surface area contributed by atoms with Crippen molar-refractivity contribution in [3.05, 3.63) is 118 Å². The van der Waals surface area contributed by atoms with E-state index < -0.39 is 5.97 Å². The molecule has 4 rings (SSSR count). The topological polar surface area (TPSA) is 72.7 Å². The van der Waals surface area contributed by atoms with Crippen molar-refractivity contribution >= 4 is 34.0 Å². The molecule has 1 N–H and O–H groups in total. The Bertz CT molecular complexity index is 1270. The lowest BCUT2D eigenvalue weighted by atomic mass is 10.2. The number of hydrogen-bond donors (Lipinski definition) is 1. The molecule has 0 fully saturated rings. The predicted octanol–water partition coefficient (Wildman–Crippen LogP) is 5.22. The van der Waals surface area contributed by atoms with Crippen molar-refractivity contribution in [3.63, 3.8) is 0 Å². The fraction of sp³-hybridized carbons (Fsp3) is 0. The maximum Gasteiger partial charge on any atom is 0.344 e. The zero-order valence-electron chi connectivity index (χ0n) is 16.8. The first kappa shape index (κ1) is 21.3. The highest BCUT2D eigenvalue weighted by Gasteiger charge is 2.12. The molecule has 0 bridgehead atoms. The summed E-state index contributed by atoms with van der Waals surface area (Å²) in [5.74, 6) is -0.415. The summed E-state index contributed by atoms with van der Waals surface area (Å²) >= 11 is 3.34. The molecule has 0 aliphatic heterocycles. The van der Waals surface area contributed by atoms with Crippen molar-refractivity contribution in [2.24, 2.45) is 5.10 Å². The zero-order chi connectivity index (χ0) is 22.3. The highest BCUT2D eigenvalue weighted by Crippen LogP contribution is 2.19. The number of nitrogens with zero attached hydrogens (tertiary/aromatic N) is 2. The Balaban J connectivity index is 1.37. The van der Waals surface area contributed by atoms with Gasteiger partial charge in [-0.05, 0) is 82.2 Å². The first-order chi connectivity index (χ1) is 15.6. The Morgan fingerprint density at radius 3 is 2.41 bits per heavy atom. The largest absolute Gasteiger partial charge is 0.423 e. The van der Waals surface area contributed by atoms with Gasteiger partial charge in [0.05, 0.1) is 11.8 Å². The maximum atomic E-state index is 12.4. The van der Waals surface area contributed by atoms with Gasteiger partial charge in [-0.15, -0.1) is 0 Å². The van der Waals surface area contributed by atoms with Crippen LogP contribution in [0.3, 0.4) is 0 Å². The van der Waals surface area contributed by atoms with Crippen LogP contribution >= 0.6 is 15.9 Å². The third-order valence-corrected chi connectivity index (χ3v) is 5.27. The average molecular weight is 488 g/mol. The van der Waals surface area contributed by atoms with Crippen LogP contribution in [0.15, 0.2) is 107 Å². The quantitative estimate of drug-likeness (QED) is 0.175. The number of benzene rings is 3. The number of aromatic nitrogens is 1. The van der Waals surface area contributed by atoms with Gasteiger partial charge in [-0.1, -0.05) is 24.3 Å². The number of carbonyl (C=O) groups is 2. The van der Waals surface area contributed by atoms with Crippen LogP contribution in [-0.4, -0.2) is 22.7 Å². The van der Waals surface area contributed by atoms with Crippen LogP contribution in [0.25, 0.3) is 5.69 Å². The number of halogens is 1. The van der Waals surface area contributed by atoms with Crippen LogP contribution in [0.5, 0.6) is 5.75 Å². The Kier molecular flexibility index (Phi) is 6.57. The fourth-order valence-corrected chi connectivity index (χ4v) is 3.42. The molecule has 3 aromatic carbocycles. The summed E-state index contributed by atoms with van der Waals surface area (Å²) in [6.45, 7) is 0. The van der Waals surface area contributed by atoms with E-state index in [1.807, 2.05) is 47.3 Å². The third-order valence-electron chi connectivity index (χ3n) is 4.57. The molecule has 32 heavy (non-hydrogen) atoms. The van der Waals surface area contributed by atoms with E-state index in [0.717, 1.165) is 5.69 Å². The molecular weight excluding hydrogens is 470 g/mol. The van der Waals surface area contributed by atoms with Gasteiger partial charge >= 0.3 is 5.97 Å². The van der Waals surface area contributed by atoms with Gasteiger partial charge in [-0.2, -0.15) is 5.10 Å². The van der Waals surface area contributed by atoms with Crippen LogP contribution in [0.1, 0.15) is 26.3 Å². The van der Waals surface area contributed by atoms with E-state index in [-0.39, 0.29) is 5.91 Å². The van der Waals surface area contributed by atoms with Gasteiger partial charge in [-0.3, -0.25) is 4.79 Å². The van der Waals surface area contributed by atoms with Crippen molar-refractivity contribution < 1.29 is 14.3 Å². The number of amides is 1. The van der Waals surface area contributed by atoms with E-state index >= 15 is 0 Å². The summed E-state index contributed by atoms with van der Waals surface area (Å²) in [6, 6.07) is 25.0. The smallest absolute Gasteiger partial charge is 0.344 e. The minimum absolute atomic E-state index is 0.322. The summed E-state index contributed by atoms with van der Waals surface area (Å²) in [6.07, 6.45) is 5.36. The molecule has 7 heteroatoms. The van der Waals surface area contributed by atoms with E-state index in [4.69, 9.17) is 4.74 Å². The lowest BCUT2D eigenvalue weighted by Gasteiger charge is -2.06. The Labute approximate surface area is 193 Å². The van der Waals surface area contributed by atoms with Gasteiger partial charge < -0.3 is 9.30 Å². The van der Waals surface area contributed by atoms with Gasteiger partial charge in [0.25, 0.3) is 5.91 Å². The molecule has 0 aliphatic carbocycles. The number of nitrogens with one attached hydrogen (secondary N) is 1. The zero-order valence-corrected chi connectivity index (χ0v) is 18.4. The minimum Gasteiger partial charge on any atom is -0.423 e. The Morgan fingerprint density at radius 1 is 0.906 bits per heavy atom. The van der Waals surface area contributed by atoms with E-state index in [9.17, 15) is 9.59 Å². The van der Waals surface area contributed by atoms with E-state index in [2.05, 4.69) is 26.5 Å². The highest BCUT2D eigenvalue weighted by atomic mass is 79.9. The van der Waals surface area contributed by atoms with Crippen molar-refractivity contribution in [1.29, 1.82) is 0 Å². The van der Waals surface area contributed by atoms with Gasteiger partial charge in [0.15, 0.2) is 0 Å². The lowest BCUT2D eigenvalue weighted by Crippen LogP contribution is -2.17. The van der Waals surface area contributed by atoms with Gasteiger partial charge in [0, 0.05) is 28.1 Å². The van der Waals surface area contributed by atoms with Crippen molar-refractivity contribution in [2.75, 3.05) is 0 Å². The number of ether oxygens (including phenoxy) is 1. The summed E-state index contributed by atoms with van der Waals surface area (Å²) in [5.41, 5.74) is 5.07. The van der Waals surface area contributed by atoms with Crippen LogP contribution in [0.4, 0.5) is 0 Å². The van der Waals surface area contributed by atoms with Crippen molar-refractivity contribution in [1.82, 2.24) is 9.99 Å². The van der Waals surface area contributed by atoms with Crippen LogP contribution < -0.4 is 10.2 Å². The normalized spacial score (nSPS) is 10.8. The molecule has 6 nitrogen and oxygen atoms in total. The molecule has 158 valence electrons. The first-order valence-corrected chi connectivity index (χ1v) is 10.5. The SMILES string of the molecule is O=C(NN=Cc1cccc(OC(=O)c2ccccc2Br)c1)c1ccc(-n2cccc2)cc1. The summed E-state index contributed by atoms with van der Waals surface area (Å²) in [4.78, 5) is 24.7. The molecule has 0 unspecified atom stereocenters. The standard InChI is InChI=1S/C25H18BrN3O3/c26-23-9-2-1-8-22(23)25(31)32-21-7-5-6-18(16-21)17-27-28-24(30)19-10-12-20(13-11-19)29-14-3-4-15-29/h1-17H,(H,28,30). The van der Waals surface area contributed by atoms with E-state index in [1.54, 1.807) is 54.6 Å². The predicted molar refractivity (Wildman–Crippen MR) is 126 cm³/mol. The number of hydrazone groups is 1. The number of rotatable bonds is 6. The van der Waals surface area contributed by atoms with Crippen molar-refractivity contribution in [2.45, 2.75) is 0 Å². The van der Waals surface area contributed by atoms with Crippen LogP contribution in [0, 0.1) is 0 Å². The molecule has 1 aromatic heterocycles. The second-order valence-corrected chi connectivity index (χ2v) is 7.63. The first-order valence-electron chi connectivity index (χ1n) is 9.74. The number of carbonyl (C=O) groups excluding carboxylic acids is 2. The van der Waals surface area contributed by atoms with Gasteiger partial charge in [0.1, 0.15) is 5.75 Å². The summed E-state index contributed by atoms with van der Waals surface area (Å²) in [7, 11) is 0. The van der Waals surface area contributed by atoms with Crippen molar-refractivity contribution in [3.8, 4) is 11.4 Å². The molecular formula is C25H18BrN3O3. The number of esters is 1. The monoisotopic (exact) mass is 487 g/mol. The minimum atomic E-state index is -0.469. The van der Waals surface area contributed by atoms with Gasteiger partial charge in [0.2, 0.25) is 0 Å². The van der Waals surface area contributed by atoms with Crippen LogP contribution in [-0.2, 0) is 0 Å². The molecule has 0 saturated heterocycles. The maximum absolute atomic E-state index is 12.4. The fourth-order valence-electron chi connectivity index (χ4n) is 2.97. The molecule has 0 aliphatic rings. The van der Waals surface area contributed by atoms with Gasteiger partial charge in [-0.25, -0.2) is 10.2 Å². The van der Waals surface area contributed by atoms with E-state index in [1.165, 1.54) is 6.21 Å². The Morgan fingerprint density at radius 2 is 1.66 bits per heavy atom. The highest BCUT2D eigenvalue weighted by molar-refractivity contribution is 9.10. The molecule has 0 saturated carbocycles. The number of hydrogen-bond acceptors (Lipinski definition) is 4. The Hall–Kier alpha value is -3.97. The van der Waals surface area contributed by atoms with Crippen LogP contribution in [0.2, 0.25) is 0 Å². The molecule has 0 atom stereocenters. The van der Waals surface area contributed by atoms with E-state index in [0.29, 0.717) is 26.9 Å². The molecule has 1 amide bonds. The lowest BCUT2D eigenvalue weighted by molar-refractivity contribution is 0.0733. The molecule has 1 heterocycles. The average Bonchev–Trinajstić information content (AvgIpc) is 3.35. The second kappa shape index (κ2) is 9.89. The molecule has 0 spiro atoms. The molecule has 0 radical (unpaired) electrons. The molecule has 4 aromatic rings.